The standard InChI is InChI=1S/C22H22N4O/c1-15(2)16-7-9-18(10-8-16)24-21(27)19-11-13-23-22(25-19)26-14-12-17-5-3-4-6-20(17)26/h3-11,13,15H,12,14H2,1-2H3,(H,24,27). The predicted molar refractivity (Wildman–Crippen MR) is 108 cm³/mol. The Balaban J connectivity index is 1.53. The Morgan fingerprint density at radius 1 is 1.07 bits per heavy atom. The van der Waals surface area contributed by atoms with Crippen molar-refractivity contribution in [1.29, 1.82) is 0 Å². The second kappa shape index (κ2) is 7.19. The lowest BCUT2D eigenvalue weighted by Gasteiger charge is -2.17. The van der Waals surface area contributed by atoms with Gasteiger partial charge in [0.2, 0.25) is 5.95 Å². The van der Waals surface area contributed by atoms with Gasteiger partial charge in [-0.25, -0.2) is 9.97 Å². The Morgan fingerprint density at radius 2 is 1.85 bits per heavy atom. The van der Waals surface area contributed by atoms with Crippen molar-refractivity contribution in [1.82, 2.24) is 9.97 Å². The minimum absolute atomic E-state index is 0.233. The molecule has 0 saturated heterocycles. The van der Waals surface area contributed by atoms with E-state index in [2.05, 4.69) is 46.2 Å². The fourth-order valence-electron chi connectivity index (χ4n) is 3.30. The molecule has 4 rings (SSSR count). The van der Waals surface area contributed by atoms with Gasteiger partial charge in [-0.2, -0.15) is 0 Å². The quantitative estimate of drug-likeness (QED) is 0.743. The Kier molecular flexibility index (Phi) is 4.59. The molecule has 0 bridgehead atoms. The van der Waals surface area contributed by atoms with Crippen LogP contribution >= 0.6 is 0 Å². The molecule has 5 heteroatoms. The SMILES string of the molecule is CC(C)c1ccc(NC(=O)c2ccnc(N3CCc4ccccc43)n2)cc1. The molecule has 0 fully saturated rings. The molecule has 0 spiro atoms. The molecule has 27 heavy (non-hydrogen) atoms. The van der Waals surface area contributed by atoms with E-state index in [0.29, 0.717) is 17.6 Å². The lowest BCUT2D eigenvalue weighted by molar-refractivity contribution is 0.102. The van der Waals surface area contributed by atoms with Gasteiger partial charge >= 0.3 is 0 Å². The van der Waals surface area contributed by atoms with Crippen LogP contribution in [0.4, 0.5) is 17.3 Å². The van der Waals surface area contributed by atoms with E-state index < -0.39 is 0 Å². The number of anilines is 3. The molecule has 5 nitrogen and oxygen atoms in total. The summed E-state index contributed by atoms with van der Waals surface area (Å²) in [5, 5.41) is 2.91. The molecule has 1 N–H and O–H groups in total. The molecular weight excluding hydrogens is 336 g/mol. The molecule has 2 heterocycles. The normalized spacial score (nSPS) is 12.9. The molecule has 0 atom stereocenters. The zero-order chi connectivity index (χ0) is 18.8. The first kappa shape index (κ1) is 17.2. The molecule has 136 valence electrons. The topological polar surface area (TPSA) is 58.1 Å². The zero-order valence-corrected chi connectivity index (χ0v) is 15.5. The van der Waals surface area contributed by atoms with Crippen LogP contribution in [-0.4, -0.2) is 22.4 Å². The summed E-state index contributed by atoms with van der Waals surface area (Å²) in [7, 11) is 0. The number of carbonyl (C=O) groups excluding carboxylic acids is 1. The lowest BCUT2D eigenvalue weighted by atomic mass is 10.0. The summed E-state index contributed by atoms with van der Waals surface area (Å²) < 4.78 is 0. The van der Waals surface area contributed by atoms with Gasteiger partial charge in [-0.05, 0) is 47.7 Å². The highest BCUT2D eigenvalue weighted by molar-refractivity contribution is 6.03. The van der Waals surface area contributed by atoms with E-state index >= 15 is 0 Å². The van der Waals surface area contributed by atoms with Crippen LogP contribution < -0.4 is 10.2 Å². The van der Waals surface area contributed by atoms with Crippen molar-refractivity contribution in [2.45, 2.75) is 26.2 Å². The average molecular weight is 358 g/mol. The van der Waals surface area contributed by atoms with E-state index in [-0.39, 0.29) is 5.91 Å². The van der Waals surface area contributed by atoms with E-state index in [1.54, 1.807) is 12.3 Å². The summed E-state index contributed by atoms with van der Waals surface area (Å²) in [6.45, 7) is 5.11. The van der Waals surface area contributed by atoms with Gasteiger partial charge in [-0.15, -0.1) is 0 Å². The summed E-state index contributed by atoms with van der Waals surface area (Å²) in [6, 6.07) is 17.8. The number of rotatable bonds is 4. The number of fused-ring (bicyclic) bond motifs is 1. The molecule has 0 aliphatic carbocycles. The number of amides is 1. The number of nitrogens with zero attached hydrogens (tertiary/aromatic N) is 3. The number of hydrogen-bond donors (Lipinski definition) is 1. The highest BCUT2D eigenvalue weighted by Crippen LogP contribution is 2.32. The number of benzene rings is 2. The number of aromatic nitrogens is 2. The lowest BCUT2D eigenvalue weighted by Crippen LogP contribution is -2.20. The van der Waals surface area contributed by atoms with Crippen LogP contribution in [0.15, 0.2) is 60.8 Å². The van der Waals surface area contributed by atoms with E-state index in [1.165, 1.54) is 11.1 Å². The zero-order valence-electron chi connectivity index (χ0n) is 15.5. The minimum Gasteiger partial charge on any atom is -0.321 e. The van der Waals surface area contributed by atoms with Gasteiger partial charge in [-0.1, -0.05) is 44.2 Å². The van der Waals surface area contributed by atoms with Gasteiger partial charge in [0.05, 0.1) is 0 Å². The average Bonchev–Trinajstić information content (AvgIpc) is 3.12. The highest BCUT2D eigenvalue weighted by Gasteiger charge is 2.22. The first-order chi connectivity index (χ1) is 13.1. The van der Waals surface area contributed by atoms with Crippen molar-refractivity contribution >= 4 is 23.2 Å². The summed E-state index contributed by atoms with van der Waals surface area (Å²) in [5.74, 6) is 0.786. The summed E-state index contributed by atoms with van der Waals surface area (Å²) in [5.41, 5.74) is 4.75. The molecule has 0 radical (unpaired) electrons. The minimum atomic E-state index is -0.233. The van der Waals surface area contributed by atoms with Crippen LogP contribution in [0, 0.1) is 0 Å². The largest absolute Gasteiger partial charge is 0.321 e. The number of para-hydroxylation sites is 1. The smallest absolute Gasteiger partial charge is 0.274 e. The van der Waals surface area contributed by atoms with Gasteiger partial charge in [0.15, 0.2) is 0 Å². The fraction of sp³-hybridized carbons (Fsp3) is 0.227. The molecule has 1 amide bonds. The van der Waals surface area contributed by atoms with E-state index in [4.69, 9.17) is 0 Å². The Bertz CT molecular complexity index is 966. The monoisotopic (exact) mass is 358 g/mol. The summed E-state index contributed by atoms with van der Waals surface area (Å²) >= 11 is 0. The second-order valence-corrected chi connectivity index (χ2v) is 7.00. The van der Waals surface area contributed by atoms with Crippen molar-refractivity contribution < 1.29 is 4.79 Å². The van der Waals surface area contributed by atoms with E-state index in [1.807, 2.05) is 36.4 Å². The van der Waals surface area contributed by atoms with Crippen LogP contribution in [-0.2, 0) is 6.42 Å². The van der Waals surface area contributed by atoms with E-state index in [9.17, 15) is 4.79 Å². The maximum absolute atomic E-state index is 12.6. The molecule has 0 saturated carbocycles. The third-order valence-corrected chi connectivity index (χ3v) is 4.84. The molecule has 1 aromatic heterocycles. The van der Waals surface area contributed by atoms with Crippen molar-refractivity contribution in [2.24, 2.45) is 0 Å². The van der Waals surface area contributed by atoms with Crippen molar-refractivity contribution in [3.05, 3.63) is 77.6 Å². The second-order valence-electron chi connectivity index (χ2n) is 7.00. The Morgan fingerprint density at radius 3 is 2.63 bits per heavy atom. The Labute approximate surface area is 159 Å². The van der Waals surface area contributed by atoms with Crippen molar-refractivity contribution in [2.75, 3.05) is 16.8 Å². The van der Waals surface area contributed by atoms with Crippen LogP contribution in [0.1, 0.15) is 41.4 Å². The molecule has 0 unspecified atom stereocenters. The molecule has 2 aromatic carbocycles. The third kappa shape index (κ3) is 3.53. The number of nitrogens with one attached hydrogen (secondary N) is 1. The van der Waals surface area contributed by atoms with Crippen LogP contribution in [0.2, 0.25) is 0 Å². The first-order valence-electron chi connectivity index (χ1n) is 9.21. The maximum Gasteiger partial charge on any atom is 0.274 e. The maximum atomic E-state index is 12.6. The highest BCUT2D eigenvalue weighted by atomic mass is 16.1. The van der Waals surface area contributed by atoms with Crippen LogP contribution in [0.3, 0.4) is 0 Å². The molecular formula is C22H22N4O. The van der Waals surface area contributed by atoms with Gasteiger partial charge in [0.25, 0.3) is 5.91 Å². The fourth-order valence-corrected chi connectivity index (χ4v) is 3.30. The number of hydrogen-bond acceptors (Lipinski definition) is 4. The molecule has 1 aliphatic rings. The van der Waals surface area contributed by atoms with Crippen molar-refractivity contribution in [3.63, 3.8) is 0 Å². The van der Waals surface area contributed by atoms with E-state index in [0.717, 1.165) is 24.3 Å². The van der Waals surface area contributed by atoms with Gasteiger partial charge in [0.1, 0.15) is 5.69 Å². The predicted octanol–water partition coefficient (Wildman–Crippen LogP) is 4.55. The first-order valence-corrected chi connectivity index (χ1v) is 9.21. The van der Waals surface area contributed by atoms with Crippen molar-refractivity contribution in [3.8, 4) is 0 Å². The molecule has 3 aromatic rings. The van der Waals surface area contributed by atoms with Crippen LogP contribution in [0.25, 0.3) is 0 Å². The summed E-state index contributed by atoms with van der Waals surface area (Å²) in [4.78, 5) is 23.6. The third-order valence-electron chi connectivity index (χ3n) is 4.84. The Hall–Kier alpha value is -3.21. The van der Waals surface area contributed by atoms with Crippen LogP contribution in [0.5, 0.6) is 0 Å². The summed E-state index contributed by atoms with van der Waals surface area (Å²) in [6.07, 6.45) is 2.60. The van der Waals surface area contributed by atoms with Gasteiger partial charge in [-0.3, -0.25) is 4.79 Å². The van der Waals surface area contributed by atoms with Gasteiger partial charge in [0, 0.05) is 24.1 Å². The number of carbonyl (C=O) groups is 1. The van der Waals surface area contributed by atoms with Gasteiger partial charge < -0.3 is 10.2 Å². The molecule has 1 aliphatic heterocycles.